The number of carbonyl (C=O) groups is 1. The van der Waals surface area contributed by atoms with E-state index < -0.39 is 0 Å². The topological polar surface area (TPSA) is 94.0 Å². The Bertz CT molecular complexity index is 300. The molecule has 0 aliphatic carbocycles. The van der Waals surface area contributed by atoms with Gasteiger partial charge in [0.25, 0.3) is 0 Å². The van der Waals surface area contributed by atoms with Gasteiger partial charge in [-0.3, -0.25) is 4.79 Å². The molecule has 16 heavy (non-hydrogen) atoms. The molecular weight excluding hydrogens is 208 g/mol. The van der Waals surface area contributed by atoms with Gasteiger partial charge in [0.15, 0.2) is 5.82 Å². The van der Waals surface area contributed by atoms with Crippen molar-refractivity contribution in [1.82, 2.24) is 15.5 Å². The van der Waals surface area contributed by atoms with Gasteiger partial charge in [-0.1, -0.05) is 18.5 Å². The third-order valence-corrected chi connectivity index (χ3v) is 2.18. The number of nitrogens with one attached hydrogen (secondary N) is 1. The summed E-state index contributed by atoms with van der Waals surface area (Å²) in [5.41, 5.74) is 5.75. The third-order valence-electron chi connectivity index (χ3n) is 2.18. The van der Waals surface area contributed by atoms with Gasteiger partial charge < -0.3 is 15.6 Å². The van der Waals surface area contributed by atoms with Crippen LogP contribution in [0.15, 0.2) is 10.9 Å². The molecule has 0 saturated heterocycles. The Hall–Kier alpha value is -1.43. The molecule has 0 radical (unpaired) electrons. The SMILES string of the molecule is CCCC(N)CC(=O)NCCc1ncon1. The van der Waals surface area contributed by atoms with E-state index in [0.717, 1.165) is 12.8 Å². The standard InChI is InChI=1S/C10H18N4O2/c1-2-3-8(11)6-10(15)12-5-4-9-13-7-16-14-9/h7-8H,2-6,11H2,1H3,(H,12,15). The lowest BCUT2D eigenvalue weighted by atomic mass is 10.1. The van der Waals surface area contributed by atoms with E-state index in [0.29, 0.717) is 25.2 Å². The van der Waals surface area contributed by atoms with Crippen molar-refractivity contribution in [2.45, 2.75) is 38.6 Å². The molecule has 0 aliphatic heterocycles. The number of rotatable bonds is 7. The van der Waals surface area contributed by atoms with E-state index in [-0.39, 0.29) is 11.9 Å². The van der Waals surface area contributed by atoms with Crippen molar-refractivity contribution in [3.63, 3.8) is 0 Å². The molecule has 6 nitrogen and oxygen atoms in total. The zero-order chi connectivity index (χ0) is 11.8. The monoisotopic (exact) mass is 226 g/mol. The molecule has 1 aromatic heterocycles. The molecule has 0 bridgehead atoms. The van der Waals surface area contributed by atoms with Crippen molar-refractivity contribution in [2.24, 2.45) is 5.73 Å². The maximum absolute atomic E-state index is 11.4. The maximum atomic E-state index is 11.4. The van der Waals surface area contributed by atoms with E-state index in [2.05, 4.69) is 20.0 Å². The molecule has 0 aromatic carbocycles. The Kier molecular flexibility index (Phi) is 5.49. The summed E-state index contributed by atoms with van der Waals surface area (Å²) in [6.07, 6.45) is 4.09. The number of aromatic nitrogens is 2. The van der Waals surface area contributed by atoms with E-state index in [1.165, 1.54) is 6.39 Å². The van der Waals surface area contributed by atoms with Crippen LogP contribution in [0.1, 0.15) is 32.0 Å². The summed E-state index contributed by atoms with van der Waals surface area (Å²) in [5.74, 6) is 0.572. The minimum atomic E-state index is -0.0461. The van der Waals surface area contributed by atoms with Crippen LogP contribution in [0, 0.1) is 0 Å². The van der Waals surface area contributed by atoms with Crippen molar-refractivity contribution in [2.75, 3.05) is 6.54 Å². The number of nitrogens with zero attached hydrogens (tertiary/aromatic N) is 2. The molecular formula is C10H18N4O2. The number of hydrogen-bond donors (Lipinski definition) is 2. The second-order valence-corrected chi connectivity index (χ2v) is 3.70. The summed E-state index contributed by atoms with van der Waals surface area (Å²) >= 11 is 0. The van der Waals surface area contributed by atoms with Crippen LogP contribution < -0.4 is 11.1 Å². The average molecular weight is 226 g/mol. The first-order chi connectivity index (χ1) is 7.72. The third kappa shape index (κ3) is 4.88. The van der Waals surface area contributed by atoms with Crippen LogP contribution in [0.3, 0.4) is 0 Å². The predicted octanol–water partition coefficient (Wildman–Crippen LogP) is 0.246. The molecule has 90 valence electrons. The first-order valence-corrected chi connectivity index (χ1v) is 5.50. The van der Waals surface area contributed by atoms with E-state index in [9.17, 15) is 4.79 Å². The zero-order valence-electron chi connectivity index (χ0n) is 9.48. The highest BCUT2D eigenvalue weighted by Crippen LogP contribution is 1.98. The van der Waals surface area contributed by atoms with Gasteiger partial charge >= 0.3 is 0 Å². The summed E-state index contributed by atoms with van der Waals surface area (Å²) < 4.78 is 4.57. The van der Waals surface area contributed by atoms with Crippen LogP contribution in [0.2, 0.25) is 0 Å². The van der Waals surface area contributed by atoms with Gasteiger partial charge in [-0.25, -0.2) is 0 Å². The zero-order valence-corrected chi connectivity index (χ0v) is 9.48. The first-order valence-electron chi connectivity index (χ1n) is 5.50. The molecule has 1 unspecified atom stereocenters. The molecule has 3 N–H and O–H groups in total. The minimum Gasteiger partial charge on any atom is -0.356 e. The van der Waals surface area contributed by atoms with Gasteiger partial charge in [-0.2, -0.15) is 4.98 Å². The predicted molar refractivity (Wildman–Crippen MR) is 58.5 cm³/mol. The second-order valence-electron chi connectivity index (χ2n) is 3.70. The van der Waals surface area contributed by atoms with Crippen molar-refractivity contribution in [3.8, 4) is 0 Å². The van der Waals surface area contributed by atoms with E-state index in [1.807, 2.05) is 6.92 Å². The van der Waals surface area contributed by atoms with Gasteiger partial charge in [0.2, 0.25) is 12.3 Å². The van der Waals surface area contributed by atoms with Crippen molar-refractivity contribution < 1.29 is 9.32 Å². The lowest BCUT2D eigenvalue weighted by Gasteiger charge is -2.09. The van der Waals surface area contributed by atoms with Gasteiger partial charge in [-0.15, -0.1) is 0 Å². The molecule has 1 rings (SSSR count). The lowest BCUT2D eigenvalue weighted by Crippen LogP contribution is -2.32. The highest BCUT2D eigenvalue weighted by atomic mass is 16.5. The van der Waals surface area contributed by atoms with Crippen LogP contribution in [0.4, 0.5) is 0 Å². The molecule has 0 spiro atoms. The normalized spacial score (nSPS) is 12.4. The van der Waals surface area contributed by atoms with Crippen LogP contribution in [0.25, 0.3) is 0 Å². The fraction of sp³-hybridized carbons (Fsp3) is 0.700. The number of carbonyl (C=O) groups excluding carboxylic acids is 1. The highest BCUT2D eigenvalue weighted by molar-refractivity contribution is 5.76. The smallest absolute Gasteiger partial charge is 0.221 e. The van der Waals surface area contributed by atoms with Crippen molar-refractivity contribution >= 4 is 5.91 Å². The first kappa shape index (κ1) is 12.6. The molecule has 1 atom stereocenters. The Morgan fingerprint density at radius 3 is 3.12 bits per heavy atom. The lowest BCUT2D eigenvalue weighted by molar-refractivity contribution is -0.121. The molecule has 6 heteroatoms. The van der Waals surface area contributed by atoms with E-state index in [1.54, 1.807) is 0 Å². The Labute approximate surface area is 94.6 Å². The fourth-order valence-electron chi connectivity index (χ4n) is 1.40. The van der Waals surface area contributed by atoms with Crippen LogP contribution >= 0.6 is 0 Å². The van der Waals surface area contributed by atoms with Crippen molar-refractivity contribution in [3.05, 3.63) is 12.2 Å². The Balaban J connectivity index is 2.10. The Morgan fingerprint density at radius 1 is 1.69 bits per heavy atom. The summed E-state index contributed by atoms with van der Waals surface area (Å²) in [6.45, 7) is 2.56. The fourth-order valence-corrected chi connectivity index (χ4v) is 1.40. The van der Waals surface area contributed by atoms with E-state index >= 15 is 0 Å². The number of hydrogen-bond acceptors (Lipinski definition) is 5. The van der Waals surface area contributed by atoms with Gasteiger partial charge in [0.05, 0.1) is 0 Å². The van der Waals surface area contributed by atoms with Crippen LogP contribution in [-0.4, -0.2) is 28.6 Å². The van der Waals surface area contributed by atoms with Crippen molar-refractivity contribution in [1.29, 1.82) is 0 Å². The number of nitrogens with two attached hydrogens (primary N) is 1. The molecule has 1 heterocycles. The summed E-state index contributed by atoms with van der Waals surface area (Å²) in [6, 6.07) is -0.0461. The largest absolute Gasteiger partial charge is 0.356 e. The summed E-state index contributed by atoms with van der Waals surface area (Å²) in [5, 5.41) is 6.41. The average Bonchev–Trinajstić information content (AvgIpc) is 2.70. The minimum absolute atomic E-state index is 0.0237. The molecule has 0 aliphatic rings. The molecule has 0 fully saturated rings. The van der Waals surface area contributed by atoms with Gasteiger partial charge in [-0.05, 0) is 6.42 Å². The quantitative estimate of drug-likeness (QED) is 0.694. The molecule has 1 aromatic rings. The second kappa shape index (κ2) is 6.95. The molecule has 0 saturated carbocycles. The van der Waals surface area contributed by atoms with Crippen LogP contribution in [0.5, 0.6) is 0 Å². The molecule has 1 amide bonds. The van der Waals surface area contributed by atoms with Gasteiger partial charge in [0, 0.05) is 25.4 Å². The summed E-state index contributed by atoms with van der Waals surface area (Å²) in [4.78, 5) is 15.3. The number of amides is 1. The van der Waals surface area contributed by atoms with Crippen LogP contribution in [-0.2, 0) is 11.2 Å². The Morgan fingerprint density at radius 2 is 2.50 bits per heavy atom. The van der Waals surface area contributed by atoms with E-state index in [4.69, 9.17) is 5.73 Å². The summed E-state index contributed by atoms with van der Waals surface area (Å²) in [7, 11) is 0. The maximum Gasteiger partial charge on any atom is 0.221 e. The highest BCUT2D eigenvalue weighted by Gasteiger charge is 2.08. The van der Waals surface area contributed by atoms with Gasteiger partial charge in [0.1, 0.15) is 0 Å².